The summed E-state index contributed by atoms with van der Waals surface area (Å²) < 4.78 is 9.50. The largest absolute Gasteiger partial charge is 0.504 e. The summed E-state index contributed by atoms with van der Waals surface area (Å²) in [5, 5.41) is 13.3. The lowest BCUT2D eigenvalue weighted by atomic mass is 10.2. The molecule has 0 unspecified atom stereocenters. The topological polar surface area (TPSA) is 67.8 Å². The van der Waals surface area contributed by atoms with Crippen molar-refractivity contribution in [2.24, 2.45) is 0 Å². The van der Waals surface area contributed by atoms with E-state index >= 15 is 0 Å². The first-order valence-electron chi connectivity index (χ1n) is 5.41. The number of phenols is 1. The number of nitrogens with one attached hydrogen (secondary N) is 1. The fraction of sp³-hybridized carbons (Fsp3) is 0.417. The molecular weight excluding hydrogens is 258 g/mol. The van der Waals surface area contributed by atoms with Crippen LogP contribution in [0.2, 0.25) is 5.02 Å². The molecule has 5 nitrogen and oxygen atoms in total. The Balaban J connectivity index is 2.56. The Morgan fingerprint density at radius 2 is 2.17 bits per heavy atom. The van der Waals surface area contributed by atoms with E-state index in [0.29, 0.717) is 29.4 Å². The van der Waals surface area contributed by atoms with Gasteiger partial charge in [0.15, 0.2) is 11.5 Å². The van der Waals surface area contributed by atoms with Crippen molar-refractivity contribution >= 4 is 17.6 Å². The Kier molecular flexibility index (Phi) is 5.74. The van der Waals surface area contributed by atoms with Gasteiger partial charge in [0.25, 0.3) is 0 Å². The van der Waals surface area contributed by atoms with Crippen molar-refractivity contribution < 1.29 is 19.4 Å². The number of esters is 1. The van der Waals surface area contributed by atoms with Gasteiger partial charge in [0.05, 0.1) is 20.6 Å². The first-order valence-corrected chi connectivity index (χ1v) is 5.79. The zero-order chi connectivity index (χ0) is 13.5. The van der Waals surface area contributed by atoms with Crippen LogP contribution >= 0.6 is 11.6 Å². The molecule has 0 spiro atoms. The molecule has 1 aromatic rings. The summed E-state index contributed by atoms with van der Waals surface area (Å²) in [6, 6.07) is 3.18. The van der Waals surface area contributed by atoms with Crippen molar-refractivity contribution in [2.75, 3.05) is 20.8 Å². The van der Waals surface area contributed by atoms with E-state index in [1.54, 1.807) is 6.07 Å². The number of carbonyl (C=O) groups excluding carboxylic acids is 1. The molecule has 0 aliphatic rings. The number of methoxy groups -OCH3 is 2. The van der Waals surface area contributed by atoms with E-state index in [9.17, 15) is 9.90 Å². The van der Waals surface area contributed by atoms with Crippen LogP contribution in [0.25, 0.3) is 0 Å². The summed E-state index contributed by atoms with van der Waals surface area (Å²) in [5.41, 5.74) is 0.615. The maximum atomic E-state index is 10.9. The number of aromatic hydroxyl groups is 1. The Morgan fingerprint density at radius 1 is 1.44 bits per heavy atom. The molecule has 0 radical (unpaired) electrons. The second-order valence-electron chi connectivity index (χ2n) is 3.62. The highest BCUT2D eigenvalue weighted by atomic mass is 35.5. The summed E-state index contributed by atoms with van der Waals surface area (Å²) in [5.74, 6) is 0.0927. The van der Waals surface area contributed by atoms with Gasteiger partial charge in [-0.15, -0.1) is 0 Å². The van der Waals surface area contributed by atoms with Crippen LogP contribution in [-0.2, 0) is 16.1 Å². The lowest BCUT2D eigenvalue weighted by molar-refractivity contribution is -0.140. The number of hydrogen-bond donors (Lipinski definition) is 2. The summed E-state index contributed by atoms with van der Waals surface area (Å²) in [6.07, 6.45) is 0.273. The average molecular weight is 274 g/mol. The molecule has 0 saturated carbocycles. The molecular formula is C12H16ClNO4. The van der Waals surface area contributed by atoms with E-state index in [0.717, 1.165) is 0 Å². The van der Waals surface area contributed by atoms with Crippen molar-refractivity contribution in [3.63, 3.8) is 0 Å². The van der Waals surface area contributed by atoms with Gasteiger partial charge in [-0.2, -0.15) is 0 Å². The molecule has 0 aliphatic heterocycles. The van der Waals surface area contributed by atoms with Crippen molar-refractivity contribution in [1.82, 2.24) is 5.32 Å². The van der Waals surface area contributed by atoms with Crippen LogP contribution in [0.5, 0.6) is 11.5 Å². The second-order valence-corrected chi connectivity index (χ2v) is 4.06. The Hall–Kier alpha value is -1.46. The van der Waals surface area contributed by atoms with Gasteiger partial charge in [0.2, 0.25) is 0 Å². The van der Waals surface area contributed by atoms with Crippen LogP contribution in [0.3, 0.4) is 0 Å². The van der Waals surface area contributed by atoms with Gasteiger partial charge in [0.1, 0.15) is 0 Å². The van der Waals surface area contributed by atoms with Crippen LogP contribution in [0.1, 0.15) is 12.0 Å². The maximum Gasteiger partial charge on any atom is 0.306 e. The molecule has 0 aliphatic carbocycles. The fourth-order valence-corrected chi connectivity index (χ4v) is 1.67. The zero-order valence-electron chi connectivity index (χ0n) is 10.3. The number of halogens is 1. The second kappa shape index (κ2) is 7.08. The van der Waals surface area contributed by atoms with Crippen LogP contribution in [0.4, 0.5) is 0 Å². The van der Waals surface area contributed by atoms with Gasteiger partial charge in [-0.3, -0.25) is 4.79 Å². The highest BCUT2D eigenvalue weighted by molar-refractivity contribution is 6.30. The minimum atomic E-state index is -0.282. The minimum absolute atomic E-state index is 0.0486. The van der Waals surface area contributed by atoms with Crippen molar-refractivity contribution in [3.05, 3.63) is 22.7 Å². The minimum Gasteiger partial charge on any atom is -0.504 e. The number of benzene rings is 1. The third-order valence-corrected chi connectivity index (χ3v) is 2.61. The summed E-state index contributed by atoms with van der Waals surface area (Å²) >= 11 is 5.89. The third-order valence-electron chi connectivity index (χ3n) is 2.39. The first-order chi connectivity index (χ1) is 8.58. The molecule has 0 fully saturated rings. The van der Waals surface area contributed by atoms with Crippen LogP contribution in [-0.4, -0.2) is 31.8 Å². The molecule has 2 N–H and O–H groups in total. The smallest absolute Gasteiger partial charge is 0.306 e. The van der Waals surface area contributed by atoms with E-state index in [1.165, 1.54) is 20.3 Å². The lowest BCUT2D eigenvalue weighted by Gasteiger charge is -2.10. The molecule has 6 heteroatoms. The predicted molar refractivity (Wildman–Crippen MR) is 68.0 cm³/mol. The molecule has 0 saturated heterocycles. The van der Waals surface area contributed by atoms with Gasteiger partial charge < -0.3 is 19.9 Å². The lowest BCUT2D eigenvalue weighted by Crippen LogP contribution is -2.18. The predicted octanol–water partition coefficient (Wildman–Crippen LogP) is 1.71. The van der Waals surface area contributed by atoms with Crippen molar-refractivity contribution in [1.29, 1.82) is 0 Å². The van der Waals surface area contributed by atoms with Crippen molar-refractivity contribution in [2.45, 2.75) is 13.0 Å². The standard InChI is InChI=1S/C12H16ClNO4/c1-17-10-6-9(13)5-8(12(10)16)7-14-4-3-11(15)18-2/h5-6,14,16H,3-4,7H2,1-2H3. The zero-order valence-corrected chi connectivity index (χ0v) is 11.1. The number of rotatable bonds is 6. The van der Waals surface area contributed by atoms with E-state index in [2.05, 4.69) is 10.1 Å². The first kappa shape index (κ1) is 14.6. The molecule has 1 rings (SSSR count). The summed E-state index contributed by atoms with van der Waals surface area (Å²) in [6.45, 7) is 0.848. The molecule has 0 bridgehead atoms. The number of ether oxygens (including phenoxy) is 2. The van der Waals surface area contributed by atoms with Gasteiger partial charge in [-0.25, -0.2) is 0 Å². The highest BCUT2D eigenvalue weighted by Crippen LogP contribution is 2.33. The normalized spacial score (nSPS) is 10.2. The third kappa shape index (κ3) is 4.09. The monoisotopic (exact) mass is 273 g/mol. The molecule has 0 atom stereocenters. The fourth-order valence-electron chi connectivity index (χ4n) is 1.43. The Labute approximate surface area is 111 Å². The van der Waals surface area contributed by atoms with E-state index < -0.39 is 0 Å². The van der Waals surface area contributed by atoms with Crippen LogP contribution in [0.15, 0.2) is 12.1 Å². The number of phenolic OH excluding ortho intramolecular Hbond substituents is 1. The molecule has 100 valence electrons. The van der Waals surface area contributed by atoms with E-state index in [1.807, 2.05) is 0 Å². The Morgan fingerprint density at radius 3 is 2.78 bits per heavy atom. The van der Waals surface area contributed by atoms with E-state index in [4.69, 9.17) is 16.3 Å². The van der Waals surface area contributed by atoms with Crippen molar-refractivity contribution in [3.8, 4) is 11.5 Å². The van der Waals surface area contributed by atoms with Crippen LogP contribution in [0, 0.1) is 0 Å². The van der Waals surface area contributed by atoms with Crippen LogP contribution < -0.4 is 10.1 Å². The average Bonchev–Trinajstić information content (AvgIpc) is 2.37. The summed E-state index contributed by atoms with van der Waals surface area (Å²) in [4.78, 5) is 10.9. The van der Waals surface area contributed by atoms with Gasteiger partial charge in [-0.1, -0.05) is 11.6 Å². The van der Waals surface area contributed by atoms with Gasteiger partial charge in [-0.05, 0) is 6.07 Å². The Bertz CT molecular complexity index is 423. The molecule has 1 aromatic carbocycles. The van der Waals surface area contributed by atoms with Gasteiger partial charge >= 0.3 is 5.97 Å². The molecule has 18 heavy (non-hydrogen) atoms. The highest BCUT2D eigenvalue weighted by Gasteiger charge is 2.09. The molecule has 0 amide bonds. The number of carbonyl (C=O) groups is 1. The molecule has 0 aromatic heterocycles. The quantitative estimate of drug-likeness (QED) is 0.610. The van der Waals surface area contributed by atoms with Gasteiger partial charge in [0, 0.05) is 29.7 Å². The number of hydrogen-bond acceptors (Lipinski definition) is 5. The SMILES string of the molecule is COC(=O)CCNCc1cc(Cl)cc(OC)c1O. The maximum absolute atomic E-state index is 10.9. The molecule has 0 heterocycles. The van der Waals surface area contributed by atoms with E-state index in [-0.39, 0.29) is 18.1 Å². The summed E-state index contributed by atoms with van der Waals surface area (Å²) in [7, 11) is 2.80.